The number of alkyl halides is 2. The zero-order chi connectivity index (χ0) is 21.7. The molecule has 160 valence electrons. The molecule has 0 fully saturated rings. The van der Waals surface area contributed by atoms with E-state index in [-0.39, 0.29) is 23.4 Å². The van der Waals surface area contributed by atoms with Crippen LogP contribution in [0.3, 0.4) is 0 Å². The molecule has 0 aliphatic carbocycles. The Morgan fingerprint density at radius 2 is 2.07 bits per heavy atom. The molecule has 0 aliphatic rings. The largest absolute Gasteiger partial charge is 0.474 e. The number of hydrogen-bond acceptors (Lipinski definition) is 6. The number of carbonyl (C=O) groups excluding carboxylic acids is 1. The van der Waals surface area contributed by atoms with Crippen LogP contribution in [0, 0.1) is 0 Å². The van der Waals surface area contributed by atoms with Crippen LogP contribution in [0.15, 0.2) is 30.5 Å². The summed E-state index contributed by atoms with van der Waals surface area (Å²) in [6.45, 7) is 4.86. The summed E-state index contributed by atoms with van der Waals surface area (Å²) in [6.07, 6.45) is -0.405. The van der Waals surface area contributed by atoms with Crippen molar-refractivity contribution in [2.45, 2.75) is 39.3 Å². The molecule has 3 aromatic rings. The molecule has 1 amide bonds. The van der Waals surface area contributed by atoms with Crippen LogP contribution in [0.5, 0.6) is 5.88 Å². The van der Waals surface area contributed by atoms with Gasteiger partial charge in [0.25, 0.3) is 12.3 Å². The molecule has 0 aliphatic heterocycles. The summed E-state index contributed by atoms with van der Waals surface area (Å²) >= 11 is 0. The first-order valence-corrected chi connectivity index (χ1v) is 9.47. The van der Waals surface area contributed by atoms with Gasteiger partial charge in [0.15, 0.2) is 5.65 Å². The second-order valence-corrected chi connectivity index (χ2v) is 6.86. The zero-order valence-electron chi connectivity index (χ0n) is 16.9. The van der Waals surface area contributed by atoms with E-state index in [4.69, 9.17) is 9.47 Å². The molecule has 0 aromatic carbocycles. The molecule has 0 saturated carbocycles. The van der Waals surface area contributed by atoms with E-state index in [1.54, 1.807) is 24.1 Å². The Balaban J connectivity index is 1.91. The molecule has 8 nitrogen and oxygen atoms in total. The van der Waals surface area contributed by atoms with E-state index in [2.05, 4.69) is 20.4 Å². The molecular formula is C20H23F2N5O3. The SMILES string of the molecule is COCCCn1cc2cc(C(=O)Nc3cccc(C(F)F)n3)c(OC(C)C)nc2n1. The highest BCUT2D eigenvalue weighted by molar-refractivity contribution is 6.07. The smallest absolute Gasteiger partial charge is 0.280 e. The number of pyridine rings is 2. The Bertz CT molecular complexity index is 1020. The Morgan fingerprint density at radius 3 is 2.77 bits per heavy atom. The second-order valence-electron chi connectivity index (χ2n) is 6.86. The highest BCUT2D eigenvalue weighted by atomic mass is 19.3. The third-order valence-electron chi connectivity index (χ3n) is 4.07. The normalized spacial score (nSPS) is 11.4. The summed E-state index contributed by atoms with van der Waals surface area (Å²) < 4.78 is 38.2. The Labute approximate surface area is 172 Å². The monoisotopic (exact) mass is 419 g/mol. The maximum Gasteiger partial charge on any atom is 0.280 e. The number of carbonyl (C=O) groups is 1. The maximum absolute atomic E-state index is 12.9. The van der Waals surface area contributed by atoms with Gasteiger partial charge in [0.2, 0.25) is 5.88 Å². The maximum atomic E-state index is 12.9. The summed E-state index contributed by atoms with van der Waals surface area (Å²) in [5, 5.41) is 7.60. The van der Waals surface area contributed by atoms with Gasteiger partial charge in [-0.15, -0.1) is 0 Å². The molecule has 3 aromatic heterocycles. The molecule has 3 heterocycles. The van der Waals surface area contributed by atoms with Crippen molar-refractivity contribution in [2.75, 3.05) is 19.0 Å². The topological polar surface area (TPSA) is 91.2 Å². The molecule has 0 bridgehead atoms. The van der Waals surface area contributed by atoms with Crippen molar-refractivity contribution in [1.29, 1.82) is 0 Å². The molecule has 0 atom stereocenters. The van der Waals surface area contributed by atoms with Crippen molar-refractivity contribution in [1.82, 2.24) is 19.7 Å². The predicted octanol–water partition coefficient (Wildman–Crippen LogP) is 3.84. The molecule has 0 radical (unpaired) electrons. The molecule has 0 unspecified atom stereocenters. The highest BCUT2D eigenvalue weighted by Gasteiger charge is 2.20. The van der Waals surface area contributed by atoms with Crippen molar-refractivity contribution >= 4 is 22.8 Å². The fraction of sp³-hybridized carbons (Fsp3) is 0.400. The number of rotatable bonds is 9. The van der Waals surface area contributed by atoms with Gasteiger partial charge in [0.1, 0.15) is 17.1 Å². The summed E-state index contributed by atoms with van der Waals surface area (Å²) in [5.41, 5.74) is 0.187. The van der Waals surface area contributed by atoms with E-state index in [0.717, 1.165) is 6.42 Å². The summed E-state index contributed by atoms with van der Waals surface area (Å²) in [5.74, 6) is -0.433. The van der Waals surface area contributed by atoms with Crippen LogP contribution in [0.25, 0.3) is 11.0 Å². The number of hydrogen-bond donors (Lipinski definition) is 1. The lowest BCUT2D eigenvalue weighted by atomic mass is 10.2. The fourth-order valence-corrected chi connectivity index (χ4v) is 2.78. The minimum Gasteiger partial charge on any atom is -0.474 e. The van der Waals surface area contributed by atoms with Crippen LogP contribution in [-0.2, 0) is 11.3 Å². The van der Waals surface area contributed by atoms with E-state index < -0.39 is 18.0 Å². The van der Waals surface area contributed by atoms with Gasteiger partial charge in [-0.25, -0.2) is 13.8 Å². The van der Waals surface area contributed by atoms with Crippen LogP contribution >= 0.6 is 0 Å². The quantitative estimate of drug-likeness (QED) is 0.530. The average molecular weight is 419 g/mol. The number of nitrogens with zero attached hydrogens (tertiary/aromatic N) is 4. The van der Waals surface area contributed by atoms with Gasteiger partial charge in [-0.05, 0) is 38.5 Å². The van der Waals surface area contributed by atoms with Crippen LogP contribution in [-0.4, -0.2) is 45.5 Å². The lowest BCUT2D eigenvalue weighted by molar-refractivity contribution is 0.101. The minimum atomic E-state index is -2.73. The van der Waals surface area contributed by atoms with Crippen molar-refractivity contribution < 1.29 is 23.0 Å². The molecule has 3 rings (SSSR count). The van der Waals surface area contributed by atoms with Crippen molar-refractivity contribution in [3.63, 3.8) is 0 Å². The van der Waals surface area contributed by atoms with Gasteiger partial charge in [-0.2, -0.15) is 10.1 Å². The van der Waals surface area contributed by atoms with Gasteiger partial charge >= 0.3 is 0 Å². The highest BCUT2D eigenvalue weighted by Crippen LogP contribution is 2.24. The molecule has 10 heteroatoms. The number of fused-ring (bicyclic) bond motifs is 1. The van der Waals surface area contributed by atoms with Gasteiger partial charge in [0, 0.05) is 31.8 Å². The van der Waals surface area contributed by atoms with Crippen LogP contribution in [0.4, 0.5) is 14.6 Å². The average Bonchev–Trinajstić information content (AvgIpc) is 3.09. The van der Waals surface area contributed by atoms with Crippen LogP contribution < -0.4 is 10.1 Å². The number of aryl methyl sites for hydroxylation is 1. The summed E-state index contributed by atoms with van der Waals surface area (Å²) in [7, 11) is 1.63. The molecule has 0 saturated heterocycles. The minimum absolute atomic E-state index is 0.0173. The van der Waals surface area contributed by atoms with E-state index in [1.807, 2.05) is 13.8 Å². The van der Waals surface area contributed by atoms with Crippen molar-refractivity contribution in [3.8, 4) is 5.88 Å². The molecule has 30 heavy (non-hydrogen) atoms. The fourth-order valence-electron chi connectivity index (χ4n) is 2.78. The van der Waals surface area contributed by atoms with E-state index >= 15 is 0 Å². The number of aromatic nitrogens is 4. The first-order chi connectivity index (χ1) is 14.4. The first kappa shape index (κ1) is 21.6. The van der Waals surface area contributed by atoms with E-state index in [1.165, 1.54) is 18.2 Å². The number of ether oxygens (including phenoxy) is 2. The summed E-state index contributed by atoms with van der Waals surface area (Å²) in [4.78, 5) is 21.0. The van der Waals surface area contributed by atoms with Crippen molar-refractivity contribution in [2.24, 2.45) is 0 Å². The Hall–Kier alpha value is -3.14. The van der Waals surface area contributed by atoms with Gasteiger partial charge in [-0.1, -0.05) is 6.07 Å². The standard InChI is InChI=1S/C20H23F2N5O3/c1-12(2)30-20-14(19(28)24-16-7-4-6-15(23-16)17(21)22)10-13-11-27(8-5-9-29-3)26-18(13)25-20/h4,6-7,10-12,17H,5,8-9H2,1-3H3,(H,23,24,28). The molecule has 1 N–H and O–H groups in total. The number of anilines is 1. The number of halogens is 2. The van der Waals surface area contributed by atoms with Crippen molar-refractivity contribution in [3.05, 3.63) is 41.7 Å². The number of methoxy groups -OCH3 is 1. The zero-order valence-corrected chi connectivity index (χ0v) is 16.9. The number of amides is 1. The third kappa shape index (κ3) is 5.26. The van der Waals surface area contributed by atoms with Gasteiger partial charge in [0.05, 0.1) is 6.10 Å². The summed E-state index contributed by atoms with van der Waals surface area (Å²) in [6, 6.07) is 5.65. The van der Waals surface area contributed by atoms with Crippen LogP contribution in [0.1, 0.15) is 42.7 Å². The van der Waals surface area contributed by atoms with Gasteiger partial charge < -0.3 is 14.8 Å². The lowest BCUT2D eigenvalue weighted by Gasteiger charge is -2.13. The number of nitrogens with one attached hydrogen (secondary N) is 1. The molecular weight excluding hydrogens is 396 g/mol. The first-order valence-electron chi connectivity index (χ1n) is 9.47. The second kappa shape index (κ2) is 9.57. The Morgan fingerprint density at radius 1 is 1.27 bits per heavy atom. The predicted molar refractivity (Wildman–Crippen MR) is 107 cm³/mol. The van der Waals surface area contributed by atoms with E-state index in [9.17, 15) is 13.6 Å². The Kier molecular flexibility index (Phi) is 6.88. The van der Waals surface area contributed by atoms with E-state index in [0.29, 0.717) is 24.2 Å². The van der Waals surface area contributed by atoms with Crippen LogP contribution in [0.2, 0.25) is 0 Å². The van der Waals surface area contributed by atoms with Gasteiger partial charge in [-0.3, -0.25) is 9.48 Å². The third-order valence-corrected chi connectivity index (χ3v) is 4.07. The lowest BCUT2D eigenvalue weighted by Crippen LogP contribution is -2.17. The molecule has 0 spiro atoms.